The molecule has 0 radical (unpaired) electrons. The Hall–Kier alpha value is -2.04. The number of ether oxygens (including phenoxy) is 1. The van der Waals surface area contributed by atoms with Crippen LogP contribution in [0.4, 0.5) is 4.39 Å². The van der Waals surface area contributed by atoms with Gasteiger partial charge in [-0.15, -0.1) is 0 Å². The number of carbonyl (C=O) groups excluding carboxylic acids is 1. The van der Waals surface area contributed by atoms with Gasteiger partial charge in [-0.1, -0.05) is 30.3 Å². The number of carbonyl (C=O) groups is 1. The lowest BCUT2D eigenvalue weighted by Gasteiger charge is -2.33. The Morgan fingerprint density at radius 2 is 1.64 bits per heavy atom. The number of halogens is 1. The van der Waals surface area contributed by atoms with Gasteiger partial charge in [-0.2, -0.15) is 0 Å². The molecule has 0 N–H and O–H groups in total. The molecule has 1 aliphatic rings. The van der Waals surface area contributed by atoms with Gasteiger partial charge in [-0.25, -0.2) is 4.39 Å². The highest BCUT2D eigenvalue weighted by Crippen LogP contribution is 2.26. The first kappa shape index (κ1) is 14.9. The normalized spacial score (nSPS) is 17.1. The van der Waals surface area contributed by atoms with E-state index >= 15 is 0 Å². The topological polar surface area (TPSA) is 29.5 Å². The van der Waals surface area contributed by atoms with Crippen LogP contribution in [0.5, 0.6) is 0 Å². The van der Waals surface area contributed by atoms with E-state index in [-0.39, 0.29) is 17.6 Å². The van der Waals surface area contributed by atoms with E-state index in [1.165, 1.54) is 12.1 Å². The van der Waals surface area contributed by atoms with Gasteiger partial charge in [0.2, 0.25) is 0 Å². The lowest BCUT2D eigenvalue weighted by atomic mass is 9.95. The van der Waals surface area contributed by atoms with Crippen molar-refractivity contribution in [2.24, 2.45) is 0 Å². The molecule has 0 aromatic heterocycles. The smallest absolute Gasteiger partial charge is 0.184 e. The Bertz CT molecular complexity index is 621. The molecule has 2 aromatic carbocycles. The van der Waals surface area contributed by atoms with Gasteiger partial charge in [0.15, 0.2) is 5.78 Å². The molecular weight excluding hydrogens is 281 g/mol. The molecule has 0 spiro atoms. The first-order chi connectivity index (χ1) is 10.8. The first-order valence-corrected chi connectivity index (χ1v) is 7.42. The number of benzene rings is 2. The summed E-state index contributed by atoms with van der Waals surface area (Å²) >= 11 is 0. The Morgan fingerprint density at radius 3 is 2.27 bits per heavy atom. The largest absolute Gasteiger partial charge is 0.379 e. The molecule has 1 heterocycles. The molecule has 1 aliphatic heterocycles. The summed E-state index contributed by atoms with van der Waals surface area (Å²) in [5, 5.41) is 0. The van der Waals surface area contributed by atoms with Crippen LogP contribution in [-0.2, 0) is 4.74 Å². The number of hydrogen-bond donors (Lipinski definition) is 0. The van der Waals surface area contributed by atoms with E-state index in [0.29, 0.717) is 31.9 Å². The molecule has 2 aromatic rings. The summed E-state index contributed by atoms with van der Waals surface area (Å²) in [6.07, 6.45) is 0. The third-order valence-corrected chi connectivity index (χ3v) is 3.90. The van der Waals surface area contributed by atoms with Crippen molar-refractivity contribution in [3.63, 3.8) is 0 Å². The molecule has 3 rings (SSSR count). The Morgan fingerprint density at radius 1 is 1.00 bits per heavy atom. The van der Waals surface area contributed by atoms with Crippen molar-refractivity contribution >= 4 is 5.78 Å². The lowest BCUT2D eigenvalue weighted by molar-refractivity contribution is 0.0172. The van der Waals surface area contributed by atoms with E-state index in [1.807, 2.05) is 30.3 Å². The predicted molar refractivity (Wildman–Crippen MR) is 82.3 cm³/mol. The van der Waals surface area contributed by atoms with Crippen LogP contribution in [0.2, 0.25) is 0 Å². The third kappa shape index (κ3) is 3.24. The van der Waals surface area contributed by atoms with E-state index < -0.39 is 0 Å². The fourth-order valence-corrected chi connectivity index (χ4v) is 2.77. The summed E-state index contributed by atoms with van der Waals surface area (Å²) < 4.78 is 18.5. The molecule has 1 fully saturated rings. The first-order valence-electron chi connectivity index (χ1n) is 7.42. The fraction of sp³-hybridized carbons (Fsp3) is 0.278. The van der Waals surface area contributed by atoms with Crippen molar-refractivity contribution < 1.29 is 13.9 Å². The van der Waals surface area contributed by atoms with Gasteiger partial charge in [0, 0.05) is 18.7 Å². The van der Waals surface area contributed by atoms with Crippen molar-refractivity contribution in [1.82, 2.24) is 4.90 Å². The predicted octanol–water partition coefficient (Wildman–Crippen LogP) is 3.08. The fourth-order valence-electron chi connectivity index (χ4n) is 2.77. The van der Waals surface area contributed by atoms with Crippen LogP contribution >= 0.6 is 0 Å². The highest BCUT2D eigenvalue weighted by atomic mass is 19.1. The highest BCUT2D eigenvalue weighted by Gasteiger charge is 2.29. The summed E-state index contributed by atoms with van der Waals surface area (Å²) in [7, 11) is 0. The number of morpholine rings is 1. The number of nitrogens with zero attached hydrogens (tertiary/aromatic N) is 1. The average molecular weight is 299 g/mol. The molecule has 0 amide bonds. The van der Waals surface area contributed by atoms with Gasteiger partial charge >= 0.3 is 0 Å². The van der Waals surface area contributed by atoms with Gasteiger partial charge in [-0.3, -0.25) is 9.69 Å². The molecule has 1 atom stereocenters. The monoisotopic (exact) mass is 299 g/mol. The molecular formula is C18H18FNO2. The minimum atomic E-state index is -0.351. The van der Waals surface area contributed by atoms with Crippen LogP contribution in [-0.4, -0.2) is 37.0 Å². The molecule has 0 bridgehead atoms. The van der Waals surface area contributed by atoms with E-state index in [0.717, 1.165) is 5.56 Å². The zero-order chi connectivity index (χ0) is 15.4. The quantitative estimate of drug-likeness (QED) is 0.813. The van der Waals surface area contributed by atoms with E-state index in [4.69, 9.17) is 4.74 Å². The van der Waals surface area contributed by atoms with Crippen LogP contribution < -0.4 is 0 Å². The van der Waals surface area contributed by atoms with Gasteiger partial charge in [0.1, 0.15) is 5.82 Å². The maximum atomic E-state index is 13.1. The summed E-state index contributed by atoms with van der Waals surface area (Å²) in [4.78, 5) is 15.1. The highest BCUT2D eigenvalue weighted by molar-refractivity contribution is 6.00. The minimum Gasteiger partial charge on any atom is -0.379 e. The number of ketones is 1. The summed E-state index contributed by atoms with van der Waals surface area (Å²) in [5.74, 6) is -0.340. The zero-order valence-corrected chi connectivity index (χ0v) is 12.2. The molecule has 0 unspecified atom stereocenters. The van der Waals surface area contributed by atoms with Crippen molar-refractivity contribution in [3.8, 4) is 0 Å². The SMILES string of the molecule is O=C(c1ccc(F)cc1)[C@H](c1ccccc1)N1CCOCC1. The minimum absolute atomic E-state index is 0.00639. The van der Waals surface area contributed by atoms with Crippen molar-refractivity contribution in [1.29, 1.82) is 0 Å². The summed E-state index contributed by atoms with van der Waals surface area (Å²) in [6.45, 7) is 2.68. The van der Waals surface area contributed by atoms with Crippen molar-refractivity contribution in [3.05, 3.63) is 71.5 Å². The van der Waals surface area contributed by atoms with Crippen molar-refractivity contribution in [2.75, 3.05) is 26.3 Å². The summed E-state index contributed by atoms with van der Waals surface area (Å²) in [5.41, 5.74) is 1.49. The molecule has 0 aliphatic carbocycles. The Kier molecular flexibility index (Phi) is 4.61. The Balaban J connectivity index is 1.93. The van der Waals surface area contributed by atoms with Crippen LogP contribution in [0.3, 0.4) is 0 Å². The average Bonchev–Trinajstić information content (AvgIpc) is 2.57. The van der Waals surface area contributed by atoms with E-state index in [9.17, 15) is 9.18 Å². The standard InChI is InChI=1S/C18H18FNO2/c19-16-8-6-15(7-9-16)18(21)17(14-4-2-1-3-5-14)20-10-12-22-13-11-20/h1-9,17H,10-13H2/t17-/m0/s1. The number of Topliss-reactive ketones (excluding diaryl/α,β-unsaturated/α-hetero) is 1. The van der Waals surface area contributed by atoms with Crippen LogP contribution in [0.15, 0.2) is 54.6 Å². The van der Waals surface area contributed by atoms with Crippen LogP contribution in [0.1, 0.15) is 22.0 Å². The van der Waals surface area contributed by atoms with Crippen molar-refractivity contribution in [2.45, 2.75) is 6.04 Å². The number of rotatable bonds is 4. The molecule has 114 valence electrons. The second kappa shape index (κ2) is 6.81. The Labute approximate surface area is 129 Å². The van der Waals surface area contributed by atoms with Gasteiger partial charge in [-0.05, 0) is 29.8 Å². The van der Waals surface area contributed by atoms with Gasteiger partial charge in [0.05, 0.1) is 19.3 Å². The molecule has 3 nitrogen and oxygen atoms in total. The zero-order valence-electron chi connectivity index (χ0n) is 12.2. The van der Waals surface area contributed by atoms with E-state index in [1.54, 1.807) is 12.1 Å². The third-order valence-electron chi connectivity index (χ3n) is 3.90. The molecule has 1 saturated heterocycles. The lowest BCUT2D eigenvalue weighted by Crippen LogP contribution is -2.42. The van der Waals surface area contributed by atoms with E-state index in [2.05, 4.69) is 4.90 Å². The van der Waals surface area contributed by atoms with Crippen LogP contribution in [0.25, 0.3) is 0 Å². The van der Waals surface area contributed by atoms with Gasteiger partial charge in [0.25, 0.3) is 0 Å². The second-order valence-corrected chi connectivity index (χ2v) is 5.33. The molecule has 22 heavy (non-hydrogen) atoms. The maximum absolute atomic E-state index is 13.1. The maximum Gasteiger partial charge on any atom is 0.184 e. The molecule has 4 heteroatoms. The second-order valence-electron chi connectivity index (χ2n) is 5.33. The molecule has 0 saturated carbocycles. The van der Waals surface area contributed by atoms with Crippen LogP contribution in [0, 0.1) is 5.82 Å². The number of hydrogen-bond acceptors (Lipinski definition) is 3. The summed E-state index contributed by atoms with van der Waals surface area (Å²) in [6, 6.07) is 15.1. The van der Waals surface area contributed by atoms with Gasteiger partial charge < -0.3 is 4.74 Å².